The molecule has 1 aromatic carbocycles. The fourth-order valence-electron chi connectivity index (χ4n) is 2.17. The molecule has 0 aliphatic heterocycles. The summed E-state index contributed by atoms with van der Waals surface area (Å²) in [6.45, 7) is 10.3. The lowest BCUT2D eigenvalue weighted by Gasteiger charge is -2.26. The van der Waals surface area contributed by atoms with E-state index < -0.39 is 0 Å². The van der Waals surface area contributed by atoms with Gasteiger partial charge in [0.25, 0.3) is 0 Å². The highest BCUT2D eigenvalue weighted by Crippen LogP contribution is 2.25. The number of aryl methyl sites for hydroxylation is 1. The Balaban J connectivity index is 2.22. The van der Waals surface area contributed by atoms with Gasteiger partial charge in [-0.15, -0.1) is 0 Å². The van der Waals surface area contributed by atoms with Crippen molar-refractivity contribution < 1.29 is 4.74 Å². The second-order valence-corrected chi connectivity index (χ2v) is 8.15. The standard InChI is InChI=1S/C17H21IN2OS/c1-10-6-14(8-12-7-13(18)9-19-15(10)12)21-11(2)16(22)20-17(3,4)5/h6-9,11H,1-5H3,(H,20,22). The van der Waals surface area contributed by atoms with Crippen molar-refractivity contribution in [3.8, 4) is 5.75 Å². The quantitative estimate of drug-likeness (QED) is 0.571. The van der Waals surface area contributed by atoms with Crippen molar-refractivity contribution in [2.75, 3.05) is 0 Å². The van der Waals surface area contributed by atoms with E-state index in [1.807, 2.05) is 32.2 Å². The molecule has 0 radical (unpaired) electrons. The highest BCUT2D eigenvalue weighted by atomic mass is 127. The van der Waals surface area contributed by atoms with Gasteiger partial charge in [0.15, 0.2) is 0 Å². The van der Waals surface area contributed by atoms with Crippen LogP contribution in [0.5, 0.6) is 5.75 Å². The van der Waals surface area contributed by atoms with Crippen molar-refractivity contribution in [2.45, 2.75) is 46.3 Å². The molecule has 2 aromatic rings. The minimum Gasteiger partial charge on any atom is -0.484 e. The predicted molar refractivity (Wildman–Crippen MR) is 105 cm³/mol. The predicted octanol–water partition coefficient (Wildman–Crippen LogP) is 4.63. The first-order valence-electron chi connectivity index (χ1n) is 7.20. The monoisotopic (exact) mass is 428 g/mol. The van der Waals surface area contributed by atoms with Crippen LogP contribution in [-0.4, -0.2) is 21.6 Å². The summed E-state index contributed by atoms with van der Waals surface area (Å²) in [5.74, 6) is 0.819. The summed E-state index contributed by atoms with van der Waals surface area (Å²) >= 11 is 7.69. The van der Waals surface area contributed by atoms with E-state index in [0.717, 1.165) is 25.8 Å². The minimum atomic E-state index is -0.179. The summed E-state index contributed by atoms with van der Waals surface area (Å²) in [7, 11) is 0. The van der Waals surface area contributed by atoms with E-state index in [-0.39, 0.29) is 11.6 Å². The van der Waals surface area contributed by atoms with Gasteiger partial charge in [0.2, 0.25) is 0 Å². The molecular formula is C17H21IN2OS. The van der Waals surface area contributed by atoms with Gasteiger partial charge in [-0.1, -0.05) is 12.2 Å². The van der Waals surface area contributed by atoms with Gasteiger partial charge in [0.1, 0.15) is 16.8 Å². The summed E-state index contributed by atoms with van der Waals surface area (Å²) in [6, 6.07) is 6.14. The summed E-state index contributed by atoms with van der Waals surface area (Å²) in [6.07, 6.45) is 1.70. The van der Waals surface area contributed by atoms with Gasteiger partial charge in [0.05, 0.1) is 5.52 Å². The molecule has 0 spiro atoms. The third-order valence-electron chi connectivity index (χ3n) is 3.09. The lowest BCUT2D eigenvalue weighted by molar-refractivity contribution is 0.281. The molecule has 0 aliphatic rings. The number of pyridine rings is 1. The maximum atomic E-state index is 6.02. The number of aromatic nitrogens is 1. The topological polar surface area (TPSA) is 34.1 Å². The third kappa shape index (κ3) is 4.52. The molecule has 1 heterocycles. The molecule has 22 heavy (non-hydrogen) atoms. The minimum absolute atomic E-state index is 0.0615. The summed E-state index contributed by atoms with van der Waals surface area (Å²) in [5.41, 5.74) is 2.05. The normalized spacial score (nSPS) is 13.0. The van der Waals surface area contributed by atoms with Crippen LogP contribution in [-0.2, 0) is 0 Å². The number of hydrogen-bond donors (Lipinski definition) is 1. The molecule has 0 saturated heterocycles. The molecule has 0 bridgehead atoms. The van der Waals surface area contributed by atoms with Crippen LogP contribution in [0.1, 0.15) is 33.3 Å². The van der Waals surface area contributed by atoms with Crippen LogP contribution in [0.2, 0.25) is 0 Å². The molecule has 1 N–H and O–H groups in total. The first kappa shape index (κ1) is 17.4. The van der Waals surface area contributed by atoms with Gasteiger partial charge >= 0.3 is 0 Å². The van der Waals surface area contributed by atoms with E-state index in [1.165, 1.54) is 0 Å². The van der Waals surface area contributed by atoms with Crippen molar-refractivity contribution in [1.29, 1.82) is 0 Å². The molecule has 0 fully saturated rings. The Morgan fingerprint density at radius 3 is 2.64 bits per heavy atom. The first-order valence-corrected chi connectivity index (χ1v) is 8.69. The van der Waals surface area contributed by atoms with E-state index >= 15 is 0 Å². The molecule has 2 rings (SSSR count). The third-order valence-corrected chi connectivity index (χ3v) is 4.12. The number of halogens is 1. The van der Waals surface area contributed by atoms with Gasteiger partial charge < -0.3 is 10.1 Å². The lowest BCUT2D eigenvalue weighted by atomic mass is 10.1. The van der Waals surface area contributed by atoms with Crippen molar-refractivity contribution in [3.63, 3.8) is 0 Å². The molecule has 1 unspecified atom stereocenters. The van der Waals surface area contributed by atoms with E-state index in [4.69, 9.17) is 17.0 Å². The molecular weight excluding hydrogens is 407 g/mol. The number of rotatable bonds is 3. The van der Waals surface area contributed by atoms with Crippen LogP contribution in [0.3, 0.4) is 0 Å². The molecule has 0 saturated carbocycles. The Morgan fingerprint density at radius 1 is 1.32 bits per heavy atom. The van der Waals surface area contributed by atoms with Crippen molar-refractivity contribution in [2.24, 2.45) is 0 Å². The molecule has 1 aromatic heterocycles. The second-order valence-electron chi connectivity index (χ2n) is 6.46. The summed E-state index contributed by atoms with van der Waals surface area (Å²) < 4.78 is 7.13. The molecule has 0 aliphatic carbocycles. The Hall–Kier alpha value is -0.950. The molecule has 1 atom stereocenters. The maximum absolute atomic E-state index is 6.02. The van der Waals surface area contributed by atoms with Crippen LogP contribution in [0.25, 0.3) is 10.9 Å². The Morgan fingerprint density at radius 2 is 2.00 bits per heavy atom. The first-order chi connectivity index (χ1) is 10.2. The van der Waals surface area contributed by atoms with Gasteiger partial charge in [-0.25, -0.2) is 0 Å². The van der Waals surface area contributed by atoms with Crippen LogP contribution in [0, 0.1) is 10.5 Å². The maximum Gasteiger partial charge on any atom is 0.146 e. The average molecular weight is 428 g/mol. The lowest BCUT2D eigenvalue weighted by Crippen LogP contribution is -2.45. The van der Waals surface area contributed by atoms with E-state index in [1.54, 1.807) is 0 Å². The molecule has 0 amide bonds. The van der Waals surface area contributed by atoms with Crippen molar-refractivity contribution >= 4 is 50.7 Å². The van der Waals surface area contributed by atoms with Crippen molar-refractivity contribution in [3.05, 3.63) is 33.5 Å². The smallest absolute Gasteiger partial charge is 0.146 e. The van der Waals surface area contributed by atoms with E-state index in [2.05, 4.69) is 59.7 Å². The van der Waals surface area contributed by atoms with E-state index in [9.17, 15) is 0 Å². The number of fused-ring (bicyclic) bond motifs is 1. The zero-order valence-electron chi connectivity index (χ0n) is 13.5. The van der Waals surface area contributed by atoms with Gasteiger partial charge in [0, 0.05) is 20.7 Å². The fourth-order valence-corrected chi connectivity index (χ4v) is 3.00. The summed E-state index contributed by atoms with van der Waals surface area (Å²) in [5, 5.41) is 4.38. The van der Waals surface area contributed by atoms with Gasteiger partial charge in [-0.05, 0) is 81.0 Å². The van der Waals surface area contributed by atoms with Crippen LogP contribution >= 0.6 is 34.8 Å². The second kappa shape index (κ2) is 6.66. The van der Waals surface area contributed by atoms with Crippen LogP contribution in [0.15, 0.2) is 24.4 Å². The largest absolute Gasteiger partial charge is 0.484 e. The number of nitrogens with one attached hydrogen (secondary N) is 1. The average Bonchev–Trinajstić information content (AvgIpc) is 2.35. The fraction of sp³-hybridized carbons (Fsp3) is 0.412. The summed E-state index contributed by atoms with van der Waals surface area (Å²) in [4.78, 5) is 5.20. The molecule has 118 valence electrons. The highest BCUT2D eigenvalue weighted by Gasteiger charge is 2.17. The zero-order chi connectivity index (χ0) is 16.5. The van der Waals surface area contributed by atoms with Crippen molar-refractivity contribution in [1.82, 2.24) is 10.3 Å². The van der Waals surface area contributed by atoms with Gasteiger partial charge in [-0.3, -0.25) is 4.98 Å². The Kier molecular flexibility index (Phi) is 5.27. The SMILES string of the molecule is Cc1cc(OC(C)C(=S)NC(C)(C)C)cc2cc(I)cnc12. The number of thiocarbonyl (C=S) groups is 1. The molecule has 3 nitrogen and oxygen atoms in total. The molecule has 5 heteroatoms. The Labute approximate surface area is 151 Å². The van der Waals surface area contributed by atoms with Crippen LogP contribution < -0.4 is 10.1 Å². The van der Waals surface area contributed by atoms with Gasteiger partial charge in [-0.2, -0.15) is 0 Å². The number of hydrogen-bond acceptors (Lipinski definition) is 3. The number of ether oxygens (including phenoxy) is 1. The van der Waals surface area contributed by atoms with E-state index in [0.29, 0.717) is 4.99 Å². The Bertz CT molecular complexity index is 710. The number of nitrogens with zero attached hydrogens (tertiary/aromatic N) is 1. The number of benzene rings is 1. The zero-order valence-corrected chi connectivity index (χ0v) is 16.5. The van der Waals surface area contributed by atoms with Crippen LogP contribution in [0.4, 0.5) is 0 Å². The highest BCUT2D eigenvalue weighted by molar-refractivity contribution is 14.1.